The Morgan fingerprint density at radius 1 is 1.13 bits per heavy atom. The first-order valence-corrected chi connectivity index (χ1v) is 10.7. The quantitative estimate of drug-likeness (QED) is 0.640. The third-order valence-electron chi connectivity index (χ3n) is 5.75. The highest BCUT2D eigenvalue weighted by Crippen LogP contribution is 2.29. The van der Waals surface area contributed by atoms with Gasteiger partial charge in [0.15, 0.2) is 0 Å². The second-order valence-corrected chi connectivity index (χ2v) is 8.09. The van der Waals surface area contributed by atoms with Crippen LogP contribution in [0.5, 0.6) is 0 Å². The molecule has 1 aliphatic rings. The van der Waals surface area contributed by atoms with Crippen molar-refractivity contribution in [3.05, 3.63) is 59.9 Å². The molecule has 2 aromatic rings. The summed E-state index contributed by atoms with van der Waals surface area (Å²) in [5.41, 5.74) is 3.32. The van der Waals surface area contributed by atoms with Crippen molar-refractivity contribution in [3.63, 3.8) is 0 Å². The molecule has 0 unspecified atom stereocenters. The molecule has 2 amide bonds. The molecule has 160 valence electrons. The molecule has 1 aromatic carbocycles. The fourth-order valence-electron chi connectivity index (χ4n) is 4.06. The van der Waals surface area contributed by atoms with Gasteiger partial charge in [-0.15, -0.1) is 0 Å². The van der Waals surface area contributed by atoms with Gasteiger partial charge < -0.3 is 14.7 Å². The van der Waals surface area contributed by atoms with Gasteiger partial charge in [0.05, 0.1) is 5.92 Å². The molecule has 1 fully saturated rings. The average Bonchev–Trinajstić information content (AvgIpc) is 3.15. The number of carbonyl (C=O) groups excluding carboxylic acids is 2. The first kappa shape index (κ1) is 22.0. The topological polar surface area (TPSA) is 56.8 Å². The van der Waals surface area contributed by atoms with Crippen LogP contribution in [0.15, 0.2) is 48.8 Å². The van der Waals surface area contributed by atoms with Crippen LogP contribution < -0.4 is 4.90 Å². The highest BCUT2D eigenvalue weighted by atomic mass is 16.2. The van der Waals surface area contributed by atoms with Crippen molar-refractivity contribution in [1.82, 2.24) is 14.8 Å². The predicted octanol–water partition coefficient (Wildman–Crippen LogP) is 2.98. The molecule has 0 aliphatic carbocycles. The van der Waals surface area contributed by atoms with E-state index in [0.717, 1.165) is 37.2 Å². The Morgan fingerprint density at radius 2 is 1.87 bits per heavy atom. The van der Waals surface area contributed by atoms with Gasteiger partial charge in [0, 0.05) is 51.2 Å². The number of rotatable bonds is 9. The number of hydrogen-bond donors (Lipinski definition) is 0. The summed E-state index contributed by atoms with van der Waals surface area (Å²) in [7, 11) is 3.93. The fourth-order valence-corrected chi connectivity index (χ4v) is 4.06. The number of pyridine rings is 1. The molecular formula is C24H32N4O2. The smallest absolute Gasteiger partial charge is 0.227 e. The van der Waals surface area contributed by atoms with Gasteiger partial charge in [-0.05, 0) is 55.8 Å². The summed E-state index contributed by atoms with van der Waals surface area (Å²) in [4.78, 5) is 35.4. The Kier molecular flexibility index (Phi) is 7.57. The van der Waals surface area contributed by atoms with E-state index in [4.69, 9.17) is 0 Å². The molecule has 0 spiro atoms. The first-order valence-electron chi connectivity index (χ1n) is 10.7. The molecule has 0 N–H and O–H groups in total. The maximum absolute atomic E-state index is 12.9. The van der Waals surface area contributed by atoms with E-state index in [0.29, 0.717) is 19.5 Å². The standard InChI is InChI=1S/C24H32N4O2/c1-4-20-8-5-6-9-22(20)28-18-21(16-23(28)29)24(30)27(3)15-7-14-26(2)17-19-10-12-25-13-11-19/h5-6,8-13,21H,4,7,14-18H2,1-3H3/t21-/m1/s1. The van der Waals surface area contributed by atoms with E-state index in [1.807, 2.05) is 43.4 Å². The Morgan fingerprint density at radius 3 is 2.60 bits per heavy atom. The molecule has 6 heteroatoms. The fraction of sp³-hybridized carbons (Fsp3) is 0.458. The Labute approximate surface area is 179 Å². The Bertz CT molecular complexity index is 855. The van der Waals surface area contributed by atoms with Gasteiger partial charge in [0.25, 0.3) is 0 Å². The zero-order valence-corrected chi connectivity index (χ0v) is 18.3. The molecule has 1 aliphatic heterocycles. The summed E-state index contributed by atoms with van der Waals surface area (Å²) >= 11 is 0. The van der Waals surface area contributed by atoms with Gasteiger partial charge in [-0.25, -0.2) is 0 Å². The van der Waals surface area contributed by atoms with E-state index in [1.165, 1.54) is 5.56 Å². The molecule has 3 rings (SSSR count). The van der Waals surface area contributed by atoms with Crippen molar-refractivity contribution in [2.75, 3.05) is 38.6 Å². The number of amides is 2. The second-order valence-electron chi connectivity index (χ2n) is 8.09. The van der Waals surface area contributed by atoms with Crippen LogP contribution in [-0.4, -0.2) is 60.3 Å². The lowest BCUT2D eigenvalue weighted by molar-refractivity contribution is -0.134. The van der Waals surface area contributed by atoms with Gasteiger partial charge in [-0.3, -0.25) is 14.6 Å². The van der Waals surface area contributed by atoms with E-state index >= 15 is 0 Å². The van der Waals surface area contributed by atoms with Gasteiger partial charge in [0.2, 0.25) is 11.8 Å². The lowest BCUT2D eigenvalue weighted by Gasteiger charge is -2.23. The van der Waals surface area contributed by atoms with Crippen LogP contribution in [0.1, 0.15) is 30.9 Å². The lowest BCUT2D eigenvalue weighted by atomic mass is 10.1. The largest absolute Gasteiger partial charge is 0.345 e. The summed E-state index contributed by atoms with van der Waals surface area (Å²) in [6, 6.07) is 12.0. The van der Waals surface area contributed by atoms with Crippen molar-refractivity contribution in [3.8, 4) is 0 Å². The summed E-state index contributed by atoms with van der Waals surface area (Å²) in [6.45, 7) is 5.01. The van der Waals surface area contributed by atoms with Crippen LogP contribution in [0.25, 0.3) is 0 Å². The molecule has 0 bridgehead atoms. The minimum absolute atomic E-state index is 0.0414. The SMILES string of the molecule is CCc1ccccc1N1C[C@H](C(=O)N(C)CCCN(C)Cc2ccncc2)CC1=O. The number of aryl methyl sites for hydroxylation is 1. The van der Waals surface area contributed by atoms with Gasteiger partial charge in [-0.2, -0.15) is 0 Å². The molecule has 6 nitrogen and oxygen atoms in total. The van der Waals surface area contributed by atoms with Gasteiger partial charge in [-0.1, -0.05) is 25.1 Å². The van der Waals surface area contributed by atoms with E-state index in [2.05, 4.69) is 23.9 Å². The zero-order valence-electron chi connectivity index (χ0n) is 18.3. The van der Waals surface area contributed by atoms with E-state index < -0.39 is 0 Å². The zero-order chi connectivity index (χ0) is 21.5. The maximum Gasteiger partial charge on any atom is 0.227 e. The number of para-hydroxylation sites is 1. The first-order chi connectivity index (χ1) is 14.5. The maximum atomic E-state index is 12.9. The number of benzene rings is 1. The average molecular weight is 409 g/mol. The van der Waals surface area contributed by atoms with E-state index in [-0.39, 0.29) is 17.7 Å². The Hall–Kier alpha value is -2.73. The van der Waals surface area contributed by atoms with E-state index in [9.17, 15) is 9.59 Å². The molecule has 1 aromatic heterocycles. The number of anilines is 1. The summed E-state index contributed by atoms with van der Waals surface area (Å²) in [5, 5.41) is 0. The van der Waals surface area contributed by atoms with Crippen LogP contribution in [0, 0.1) is 5.92 Å². The second kappa shape index (κ2) is 10.3. The third-order valence-corrected chi connectivity index (χ3v) is 5.75. The normalized spacial score (nSPS) is 16.3. The number of hydrogen-bond acceptors (Lipinski definition) is 4. The van der Waals surface area contributed by atoms with Crippen molar-refractivity contribution in [2.24, 2.45) is 5.92 Å². The number of nitrogens with zero attached hydrogens (tertiary/aromatic N) is 4. The summed E-state index contributed by atoms with van der Waals surface area (Å²) < 4.78 is 0. The van der Waals surface area contributed by atoms with Crippen LogP contribution in [0.4, 0.5) is 5.69 Å². The van der Waals surface area contributed by atoms with Crippen molar-refractivity contribution in [2.45, 2.75) is 32.7 Å². The third kappa shape index (κ3) is 5.45. The highest BCUT2D eigenvalue weighted by Gasteiger charge is 2.36. The van der Waals surface area contributed by atoms with Gasteiger partial charge >= 0.3 is 0 Å². The van der Waals surface area contributed by atoms with Crippen molar-refractivity contribution in [1.29, 1.82) is 0 Å². The summed E-state index contributed by atoms with van der Waals surface area (Å²) in [5.74, 6) is -0.154. The minimum atomic E-state index is -0.262. The molecule has 1 saturated heterocycles. The minimum Gasteiger partial charge on any atom is -0.345 e. The molecule has 0 saturated carbocycles. The van der Waals surface area contributed by atoms with Crippen LogP contribution in [0.3, 0.4) is 0 Å². The number of carbonyl (C=O) groups is 2. The Balaban J connectivity index is 1.48. The highest BCUT2D eigenvalue weighted by molar-refractivity contribution is 6.00. The molecule has 30 heavy (non-hydrogen) atoms. The molecule has 1 atom stereocenters. The van der Waals surface area contributed by atoms with Crippen LogP contribution >= 0.6 is 0 Å². The van der Waals surface area contributed by atoms with Crippen molar-refractivity contribution < 1.29 is 9.59 Å². The predicted molar refractivity (Wildman–Crippen MR) is 119 cm³/mol. The monoisotopic (exact) mass is 408 g/mol. The number of aromatic nitrogens is 1. The lowest BCUT2D eigenvalue weighted by Crippen LogP contribution is -2.36. The molecule has 0 radical (unpaired) electrons. The molecular weight excluding hydrogens is 376 g/mol. The summed E-state index contributed by atoms with van der Waals surface area (Å²) in [6.07, 6.45) is 5.67. The van der Waals surface area contributed by atoms with E-state index in [1.54, 1.807) is 22.2 Å². The molecule has 2 heterocycles. The van der Waals surface area contributed by atoms with Crippen LogP contribution in [0.2, 0.25) is 0 Å². The van der Waals surface area contributed by atoms with Gasteiger partial charge in [0.1, 0.15) is 0 Å². The van der Waals surface area contributed by atoms with Crippen LogP contribution in [-0.2, 0) is 22.6 Å². The van der Waals surface area contributed by atoms with Crippen molar-refractivity contribution >= 4 is 17.5 Å².